The normalized spacial score (nSPS) is 22.4. The summed E-state index contributed by atoms with van der Waals surface area (Å²) in [5.41, 5.74) is 0.657. The summed E-state index contributed by atoms with van der Waals surface area (Å²) in [4.78, 5) is 17.5. The Kier molecular flexibility index (Phi) is 7.13. The number of aliphatic hydroxyl groups is 1. The van der Waals surface area contributed by atoms with Crippen molar-refractivity contribution in [1.29, 1.82) is 0 Å². The van der Waals surface area contributed by atoms with E-state index in [0.717, 1.165) is 51.3 Å². The number of hydrogen-bond acceptors (Lipinski definition) is 4. The predicted molar refractivity (Wildman–Crippen MR) is 111 cm³/mol. The highest BCUT2D eigenvalue weighted by atomic mass is 16.5. The zero-order valence-corrected chi connectivity index (χ0v) is 17.7. The number of amides is 1. The van der Waals surface area contributed by atoms with Crippen LogP contribution in [0.5, 0.6) is 0 Å². The maximum atomic E-state index is 12.8. The van der Waals surface area contributed by atoms with Gasteiger partial charge in [0.05, 0.1) is 12.2 Å². The van der Waals surface area contributed by atoms with E-state index in [2.05, 4.69) is 11.8 Å². The van der Waals surface area contributed by atoms with Crippen molar-refractivity contribution >= 4 is 5.91 Å². The fourth-order valence-electron chi connectivity index (χ4n) is 4.49. The van der Waals surface area contributed by atoms with E-state index in [1.807, 2.05) is 29.2 Å². The predicted octanol–water partition coefficient (Wildman–Crippen LogP) is 3.27. The van der Waals surface area contributed by atoms with Gasteiger partial charge in [-0.3, -0.25) is 9.69 Å². The Balaban J connectivity index is 1.51. The highest BCUT2D eigenvalue weighted by Gasteiger charge is 2.30. The van der Waals surface area contributed by atoms with Crippen LogP contribution in [0.25, 0.3) is 0 Å². The van der Waals surface area contributed by atoms with Gasteiger partial charge in [-0.2, -0.15) is 0 Å². The van der Waals surface area contributed by atoms with Crippen LogP contribution in [-0.2, 0) is 10.3 Å². The second kappa shape index (κ2) is 9.38. The van der Waals surface area contributed by atoms with Crippen LogP contribution in [0, 0.1) is 5.92 Å². The van der Waals surface area contributed by atoms with E-state index in [4.69, 9.17) is 4.74 Å². The van der Waals surface area contributed by atoms with E-state index in [-0.39, 0.29) is 5.91 Å². The van der Waals surface area contributed by atoms with E-state index in [0.29, 0.717) is 17.5 Å². The van der Waals surface area contributed by atoms with Gasteiger partial charge in [-0.25, -0.2) is 0 Å². The van der Waals surface area contributed by atoms with Gasteiger partial charge in [0.15, 0.2) is 0 Å². The fourth-order valence-corrected chi connectivity index (χ4v) is 4.49. The minimum Gasteiger partial charge on any atom is -0.386 e. The van der Waals surface area contributed by atoms with Crippen LogP contribution >= 0.6 is 0 Å². The van der Waals surface area contributed by atoms with Crippen LogP contribution in [0.2, 0.25) is 0 Å². The molecule has 2 aliphatic heterocycles. The van der Waals surface area contributed by atoms with Crippen molar-refractivity contribution in [3.8, 4) is 0 Å². The average molecular weight is 389 g/mol. The molecule has 0 aromatic heterocycles. The van der Waals surface area contributed by atoms with Crippen molar-refractivity contribution in [2.24, 2.45) is 5.92 Å². The molecule has 1 aromatic rings. The van der Waals surface area contributed by atoms with Crippen molar-refractivity contribution in [3.63, 3.8) is 0 Å². The smallest absolute Gasteiger partial charge is 0.253 e. The largest absolute Gasteiger partial charge is 0.386 e. The number of hydrogen-bond donors (Lipinski definition) is 1. The molecular formula is C23H36N2O3. The molecule has 2 fully saturated rings. The lowest BCUT2D eigenvalue weighted by Crippen LogP contribution is -2.50. The lowest BCUT2D eigenvalue weighted by atomic mass is 9.94. The monoisotopic (exact) mass is 388 g/mol. The second-order valence-corrected chi connectivity index (χ2v) is 8.82. The van der Waals surface area contributed by atoms with Gasteiger partial charge in [-0.1, -0.05) is 12.1 Å². The minimum absolute atomic E-state index is 0.105. The Bertz CT molecular complexity index is 630. The zero-order chi connectivity index (χ0) is 20.1. The topological polar surface area (TPSA) is 53.0 Å². The molecular weight excluding hydrogens is 352 g/mol. The SMILES string of the molecule is CCOC[C@@H]1CCCN(C2CCN(C(=O)c3ccc(C(C)(C)O)cc3)CC2)C1. The number of ether oxygens (including phenoxy) is 1. The quantitative estimate of drug-likeness (QED) is 0.813. The van der Waals surface area contributed by atoms with Crippen molar-refractivity contribution in [2.75, 3.05) is 39.4 Å². The molecule has 5 nitrogen and oxygen atoms in total. The van der Waals surface area contributed by atoms with Crippen LogP contribution in [0.1, 0.15) is 62.4 Å². The molecule has 156 valence electrons. The lowest BCUT2D eigenvalue weighted by molar-refractivity contribution is 0.0311. The lowest BCUT2D eigenvalue weighted by Gasteiger charge is -2.42. The highest BCUT2D eigenvalue weighted by Crippen LogP contribution is 2.25. The molecule has 2 heterocycles. The van der Waals surface area contributed by atoms with Crippen LogP contribution in [-0.4, -0.2) is 66.2 Å². The second-order valence-electron chi connectivity index (χ2n) is 8.82. The van der Waals surface area contributed by atoms with Crippen LogP contribution in [0.3, 0.4) is 0 Å². The van der Waals surface area contributed by atoms with E-state index >= 15 is 0 Å². The first-order valence-electron chi connectivity index (χ1n) is 10.8. The number of carbonyl (C=O) groups is 1. The molecule has 2 saturated heterocycles. The summed E-state index contributed by atoms with van der Waals surface area (Å²) in [7, 11) is 0. The van der Waals surface area contributed by atoms with Crippen LogP contribution in [0.15, 0.2) is 24.3 Å². The summed E-state index contributed by atoms with van der Waals surface area (Å²) < 4.78 is 5.64. The maximum absolute atomic E-state index is 12.8. The highest BCUT2D eigenvalue weighted by molar-refractivity contribution is 5.94. The number of carbonyl (C=O) groups excluding carboxylic acids is 1. The van der Waals surface area contributed by atoms with Gasteiger partial charge in [0.25, 0.3) is 5.91 Å². The van der Waals surface area contributed by atoms with Gasteiger partial charge in [-0.05, 0) is 76.6 Å². The third-order valence-corrected chi connectivity index (χ3v) is 6.21. The van der Waals surface area contributed by atoms with Gasteiger partial charge in [0.1, 0.15) is 0 Å². The number of piperidine rings is 2. The molecule has 0 radical (unpaired) electrons. The number of nitrogens with zero attached hydrogens (tertiary/aromatic N) is 2. The molecule has 1 amide bonds. The first kappa shape index (κ1) is 21.3. The molecule has 0 spiro atoms. The van der Waals surface area contributed by atoms with Gasteiger partial charge < -0.3 is 14.7 Å². The Morgan fingerprint density at radius 2 is 1.82 bits per heavy atom. The minimum atomic E-state index is -0.881. The van der Waals surface area contributed by atoms with Crippen LogP contribution in [0.4, 0.5) is 0 Å². The Morgan fingerprint density at radius 1 is 1.14 bits per heavy atom. The van der Waals surface area contributed by atoms with Crippen molar-refractivity contribution < 1.29 is 14.6 Å². The average Bonchev–Trinajstić information content (AvgIpc) is 2.71. The molecule has 5 heteroatoms. The van der Waals surface area contributed by atoms with E-state index < -0.39 is 5.60 Å². The molecule has 1 atom stereocenters. The first-order chi connectivity index (χ1) is 13.4. The number of benzene rings is 1. The standard InChI is InChI=1S/C23H36N2O3/c1-4-28-17-18-6-5-13-25(16-18)21-11-14-24(15-12-21)22(26)19-7-9-20(10-8-19)23(2,3)27/h7-10,18,21,27H,4-6,11-17H2,1-3H3/t18-/m1/s1. The van der Waals surface area contributed by atoms with E-state index in [1.165, 1.54) is 19.4 Å². The summed E-state index contributed by atoms with van der Waals surface area (Å²) in [6, 6.07) is 7.97. The van der Waals surface area contributed by atoms with Crippen molar-refractivity contribution in [2.45, 2.75) is 58.1 Å². The summed E-state index contributed by atoms with van der Waals surface area (Å²) >= 11 is 0. The molecule has 0 saturated carbocycles. The fraction of sp³-hybridized carbons (Fsp3) is 0.696. The summed E-state index contributed by atoms with van der Waals surface area (Å²) in [5.74, 6) is 0.760. The number of rotatable bonds is 6. The molecule has 28 heavy (non-hydrogen) atoms. The first-order valence-corrected chi connectivity index (χ1v) is 10.8. The third kappa shape index (κ3) is 5.34. The van der Waals surface area contributed by atoms with Gasteiger partial charge in [0.2, 0.25) is 0 Å². The molecule has 0 aliphatic carbocycles. The van der Waals surface area contributed by atoms with E-state index in [9.17, 15) is 9.90 Å². The summed E-state index contributed by atoms with van der Waals surface area (Å²) in [5, 5.41) is 10.1. The zero-order valence-electron chi connectivity index (χ0n) is 17.7. The molecule has 0 unspecified atom stereocenters. The third-order valence-electron chi connectivity index (χ3n) is 6.21. The molecule has 1 aromatic carbocycles. The maximum Gasteiger partial charge on any atom is 0.253 e. The van der Waals surface area contributed by atoms with E-state index in [1.54, 1.807) is 13.8 Å². The van der Waals surface area contributed by atoms with Gasteiger partial charge in [0, 0.05) is 37.8 Å². The summed E-state index contributed by atoms with van der Waals surface area (Å²) in [6.45, 7) is 11.2. The van der Waals surface area contributed by atoms with Gasteiger partial charge in [-0.15, -0.1) is 0 Å². The molecule has 0 bridgehead atoms. The molecule has 1 N–H and O–H groups in total. The Morgan fingerprint density at radius 3 is 2.43 bits per heavy atom. The van der Waals surface area contributed by atoms with Crippen LogP contribution < -0.4 is 0 Å². The van der Waals surface area contributed by atoms with Crippen molar-refractivity contribution in [3.05, 3.63) is 35.4 Å². The van der Waals surface area contributed by atoms with Gasteiger partial charge >= 0.3 is 0 Å². The molecule has 3 rings (SSSR count). The Hall–Kier alpha value is -1.43. The summed E-state index contributed by atoms with van der Waals surface area (Å²) in [6.07, 6.45) is 4.63. The Labute approximate surface area is 169 Å². The molecule has 2 aliphatic rings. The number of likely N-dealkylation sites (tertiary alicyclic amines) is 2. The van der Waals surface area contributed by atoms with Crippen molar-refractivity contribution in [1.82, 2.24) is 9.80 Å².